The Morgan fingerprint density at radius 2 is 1.06 bits per heavy atom. The Bertz CT molecular complexity index is 1630. The van der Waals surface area contributed by atoms with Crippen LogP contribution in [0.1, 0.15) is 123 Å². The molecule has 9 atom stereocenters. The smallest absolute Gasteiger partial charge is 0.462 e. The monoisotopic (exact) mass is 947 g/mol. The van der Waals surface area contributed by atoms with Crippen LogP contribution >= 0.6 is 7.82 Å². The highest BCUT2D eigenvalue weighted by atomic mass is 31.2. The number of esters is 2. The summed E-state index contributed by atoms with van der Waals surface area (Å²) in [5, 5.41) is 60.3. The van der Waals surface area contributed by atoms with Crippen LogP contribution in [-0.2, 0) is 32.7 Å². The summed E-state index contributed by atoms with van der Waals surface area (Å²) < 4.78 is 33.4. The van der Waals surface area contributed by atoms with Crippen LogP contribution in [0.3, 0.4) is 0 Å². The van der Waals surface area contributed by atoms with E-state index in [1.807, 2.05) is 54.7 Å². The zero-order chi connectivity index (χ0) is 48.7. The summed E-state index contributed by atoms with van der Waals surface area (Å²) in [6.07, 6.45) is 38.6. The van der Waals surface area contributed by atoms with Gasteiger partial charge in [-0.1, -0.05) is 148 Å². The largest absolute Gasteiger partial charge is 0.472 e. The molecular weight excluding hydrogens is 868 g/mol. The van der Waals surface area contributed by atoms with Crippen molar-refractivity contribution in [3.63, 3.8) is 0 Å². The molecule has 1 aliphatic carbocycles. The predicted octanol–water partition coefficient (Wildman–Crippen LogP) is 8.36. The van der Waals surface area contributed by atoms with E-state index in [2.05, 4.69) is 74.6 Å². The lowest BCUT2D eigenvalue weighted by molar-refractivity contribution is -0.220. The van der Waals surface area contributed by atoms with Crippen molar-refractivity contribution in [3.8, 4) is 0 Å². The van der Waals surface area contributed by atoms with Crippen molar-refractivity contribution < 1.29 is 68.2 Å². The molecule has 372 valence electrons. The minimum Gasteiger partial charge on any atom is -0.462 e. The molecule has 0 radical (unpaired) electrons. The lowest BCUT2D eigenvalue weighted by Gasteiger charge is -2.41. The highest BCUT2D eigenvalue weighted by molar-refractivity contribution is 7.47. The summed E-state index contributed by atoms with van der Waals surface area (Å²) >= 11 is 0. The van der Waals surface area contributed by atoms with E-state index in [-0.39, 0.29) is 12.8 Å². The van der Waals surface area contributed by atoms with Crippen molar-refractivity contribution in [2.24, 2.45) is 0 Å². The molecule has 0 aliphatic heterocycles. The van der Waals surface area contributed by atoms with Gasteiger partial charge in [0.15, 0.2) is 6.10 Å². The van der Waals surface area contributed by atoms with Crippen molar-refractivity contribution >= 4 is 19.8 Å². The molecular formula is C51H79O14P. The minimum atomic E-state index is -5.18. The van der Waals surface area contributed by atoms with Crippen LogP contribution in [0.5, 0.6) is 0 Å². The zero-order valence-corrected chi connectivity index (χ0v) is 39.9. The Balaban J connectivity index is 2.59. The van der Waals surface area contributed by atoms with Crippen LogP contribution in [0.25, 0.3) is 0 Å². The number of hydrogen-bond acceptors (Lipinski definition) is 13. The van der Waals surface area contributed by atoms with E-state index in [0.717, 1.165) is 44.9 Å². The summed E-state index contributed by atoms with van der Waals surface area (Å²) in [4.78, 5) is 35.7. The van der Waals surface area contributed by atoms with Crippen molar-refractivity contribution in [3.05, 3.63) is 122 Å². The van der Waals surface area contributed by atoms with E-state index < -0.39 is 81.8 Å². The Kier molecular flexibility index (Phi) is 35.8. The molecule has 1 rings (SSSR count). The fourth-order valence-corrected chi connectivity index (χ4v) is 7.06. The quantitative estimate of drug-likeness (QED) is 0.0103. The number of unbranched alkanes of at least 4 members (excludes halogenated alkanes) is 4. The van der Waals surface area contributed by atoms with Gasteiger partial charge in [-0.2, -0.15) is 0 Å². The van der Waals surface area contributed by atoms with Gasteiger partial charge >= 0.3 is 19.8 Å². The van der Waals surface area contributed by atoms with Gasteiger partial charge in [-0.3, -0.25) is 18.6 Å². The average Bonchev–Trinajstić information content (AvgIpc) is 3.29. The molecule has 0 amide bonds. The van der Waals surface area contributed by atoms with Crippen LogP contribution in [0.15, 0.2) is 122 Å². The van der Waals surface area contributed by atoms with Gasteiger partial charge in [0.2, 0.25) is 0 Å². The second kappa shape index (κ2) is 39.2. The molecule has 0 aromatic carbocycles. The molecule has 1 fully saturated rings. The second-order valence-electron chi connectivity index (χ2n) is 15.7. The third-order valence-corrected chi connectivity index (χ3v) is 10.9. The van der Waals surface area contributed by atoms with E-state index in [1.54, 1.807) is 6.08 Å². The summed E-state index contributed by atoms with van der Waals surface area (Å²) in [6.45, 7) is 2.95. The maximum atomic E-state index is 12.8. The van der Waals surface area contributed by atoms with Crippen LogP contribution < -0.4 is 0 Å². The van der Waals surface area contributed by atoms with Crippen LogP contribution in [0.2, 0.25) is 0 Å². The molecule has 1 aliphatic rings. The van der Waals surface area contributed by atoms with Gasteiger partial charge in [0.25, 0.3) is 0 Å². The Morgan fingerprint density at radius 3 is 1.62 bits per heavy atom. The molecule has 3 unspecified atom stereocenters. The molecule has 7 N–H and O–H groups in total. The van der Waals surface area contributed by atoms with E-state index in [4.69, 9.17) is 18.5 Å². The molecule has 0 saturated heterocycles. The number of rotatable bonds is 36. The summed E-state index contributed by atoms with van der Waals surface area (Å²) in [7, 11) is -5.18. The number of allylic oxidation sites excluding steroid dienone is 18. The number of carbonyl (C=O) groups excluding carboxylic acids is 2. The van der Waals surface area contributed by atoms with E-state index in [9.17, 15) is 49.7 Å². The second-order valence-corrected chi connectivity index (χ2v) is 17.1. The van der Waals surface area contributed by atoms with E-state index >= 15 is 0 Å². The SMILES string of the molecule is CC/C=C\C/C=C\C/C=C\C/C=C\C/C=C\C/C=C\CCC(=O)OC[C@H](COP(=O)(O)OC1[C@H](O)[C@H](O)C(O)[C@H](O)[C@H]1O)OC(=O)CCC/C=C/C/C=C\C[C@@H](O)/C=C\C=C/CCCCC. The minimum absolute atomic E-state index is 0.00919. The highest BCUT2D eigenvalue weighted by Gasteiger charge is 2.51. The standard InChI is InChI=1S/C51H79O14P/c1-3-5-7-9-11-12-13-14-15-16-17-18-19-20-21-22-26-30-34-38-44(53)62-40-43(41-63-66(60,61)65-51-49(58)47(56)46(55)48(57)50(51)59)64-45(54)39-35-31-27-23-25-29-33-37-42(52)36-32-28-24-10-8-6-4-2/h5,7,11-12,14-15,17-18,20-21,23-24,26-30,32-33,36,42-43,46-52,55-59H,3-4,6,8-10,13,16,19,22,25,31,34-35,37-41H2,1-2H3,(H,60,61)/b7-5-,12-11-,15-14-,18-17-,21-20-,27-23+,28-24-,30-26-,33-29-,36-32-/t42-,43+,46?,47-,48+,49+,50+,51?/m0/s1. The number of ether oxygens (including phenoxy) is 2. The van der Waals surface area contributed by atoms with Crippen molar-refractivity contribution in [1.82, 2.24) is 0 Å². The molecule has 0 aromatic rings. The number of carbonyl (C=O) groups is 2. The van der Waals surface area contributed by atoms with Gasteiger partial charge in [-0.05, 0) is 83.5 Å². The molecule has 0 aromatic heterocycles. The summed E-state index contributed by atoms with van der Waals surface area (Å²) in [6, 6.07) is 0. The first-order valence-electron chi connectivity index (χ1n) is 23.4. The number of phosphoric acid groups is 1. The third kappa shape index (κ3) is 31.2. The normalized spacial score (nSPS) is 22.9. The van der Waals surface area contributed by atoms with Gasteiger partial charge in [0.1, 0.15) is 43.2 Å². The van der Waals surface area contributed by atoms with Gasteiger partial charge in [-0.15, -0.1) is 0 Å². The number of aliphatic hydroxyl groups excluding tert-OH is 6. The zero-order valence-electron chi connectivity index (χ0n) is 39.0. The molecule has 14 nitrogen and oxygen atoms in total. The molecule has 1 saturated carbocycles. The van der Waals surface area contributed by atoms with Crippen LogP contribution in [0.4, 0.5) is 0 Å². The van der Waals surface area contributed by atoms with E-state index in [1.165, 1.54) is 12.8 Å². The molecule has 0 heterocycles. The lowest BCUT2D eigenvalue weighted by Crippen LogP contribution is -2.64. The number of hydrogen-bond donors (Lipinski definition) is 7. The molecule has 0 bridgehead atoms. The van der Waals surface area contributed by atoms with Crippen molar-refractivity contribution in [2.45, 2.75) is 172 Å². The Hall–Kier alpha value is -3.79. The molecule has 15 heteroatoms. The van der Waals surface area contributed by atoms with Crippen LogP contribution in [-0.4, -0.2) is 110 Å². The van der Waals surface area contributed by atoms with Gasteiger partial charge < -0.3 is 45.0 Å². The first-order valence-corrected chi connectivity index (χ1v) is 24.9. The molecule has 0 spiro atoms. The van der Waals surface area contributed by atoms with Gasteiger partial charge in [0, 0.05) is 12.8 Å². The Labute approximate surface area is 393 Å². The maximum absolute atomic E-state index is 12.8. The van der Waals surface area contributed by atoms with Crippen molar-refractivity contribution in [2.75, 3.05) is 13.2 Å². The Morgan fingerprint density at radius 1 is 0.561 bits per heavy atom. The average molecular weight is 947 g/mol. The first kappa shape index (κ1) is 60.2. The summed E-state index contributed by atoms with van der Waals surface area (Å²) in [5.74, 6) is -1.32. The highest BCUT2D eigenvalue weighted by Crippen LogP contribution is 2.47. The predicted molar refractivity (Wildman–Crippen MR) is 259 cm³/mol. The fraction of sp³-hybridized carbons (Fsp3) is 0.569. The van der Waals surface area contributed by atoms with Crippen molar-refractivity contribution in [1.29, 1.82) is 0 Å². The maximum Gasteiger partial charge on any atom is 0.472 e. The number of aliphatic hydroxyl groups is 6. The van der Waals surface area contributed by atoms with Gasteiger partial charge in [-0.25, -0.2) is 4.57 Å². The fourth-order valence-electron chi connectivity index (χ4n) is 6.09. The lowest BCUT2D eigenvalue weighted by atomic mass is 9.85. The first-order chi connectivity index (χ1) is 31.8. The number of phosphoric ester groups is 1. The van der Waals surface area contributed by atoms with Gasteiger partial charge in [0.05, 0.1) is 12.7 Å². The van der Waals surface area contributed by atoms with E-state index in [0.29, 0.717) is 38.5 Å². The third-order valence-electron chi connectivity index (χ3n) is 9.88. The topological polar surface area (TPSA) is 230 Å². The molecule has 66 heavy (non-hydrogen) atoms. The van der Waals surface area contributed by atoms with Crippen LogP contribution in [0, 0.1) is 0 Å². The summed E-state index contributed by atoms with van der Waals surface area (Å²) in [5.41, 5.74) is 0.